The second kappa shape index (κ2) is 8.51. The molecule has 6 nitrogen and oxygen atoms in total. The Morgan fingerprint density at radius 1 is 1.32 bits per heavy atom. The van der Waals surface area contributed by atoms with E-state index in [9.17, 15) is 14.5 Å². The fraction of sp³-hybridized carbons (Fsp3) is 0.611. The predicted molar refractivity (Wildman–Crippen MR) is 96.3 cm³/mol. The third kappa shape index (κ3) is 5.69. The van der Waals surface area contributed by atoms with Crippen molar-refractivity contribution in [2.75, 3.05) is 13.2 Å². The lowest BCUT2D eigenvalue weighted by Crippen LogP contribution is -2.46. The van der Waals surface area contributed by atoms with E-state index in [0.29, 0.717) is 26.1 Å². The van der Waals surface area contributed by atoms with Gasteiger partial charge in [-0.2, -0.15) is 0 Å². The van der Waals surface area contributed by atoms with Crippen molar-refractivity contribution in [3.8, 4) is 0 Å². The summed E-state index contributed by atoms with van der Waals surface area (Å²) in [5.41, 5.74) is 0.915. The highest BCUT2D eigenvalue weighted by Crippen LogP contribution is 2.36. The number of carbonyl (C=O) groups is 1. The molecule has 0 saturated carbocycles. The van der Waals surface area contributed by atoms with Crippen molar-refractivity contribution in [2.24, 2.45) is 0 Å². The van der Waals surface area contributed by atoms with E-state index in [4.69, 9.17) is 9.47 Å². The van der Waals surface area contributed by atoms with Gasteiger partial charge in [0.05, 0.1) is 25.7 Å². The normalized spacial score (nSPS) is 19.5. The highest BCUT2D eigenvalue weighted by molar-refractivity contribution is 7.90. The third-order valence-electron chi connectivity index (χ3n) is 4.04. The molecule has 1 aliphatic heterocycles. The van der Waals surface area contributed by atoms with Crippen molar-refractivity contribution in [3.63, 3.8) is 0 Å². The third-order valence-corrected chi connectivity index (χ3v) is 5.70. The van der Waals surface area contributed by atoms with Gasteiger partial charge in [-0.3, -0.25) is 4.79 Å². The maximum absolute atomic E-state index is 12.3. The molecular weight excluding hydrogens is 342 g/mol. The number of aliphatic carboxylic acids is 1. The van der Waals surface area contributed by atoms with Crippen LogP contribution in [0.15, 0.2) is 30.3 Å². The minimum atomic E-state index is -1.34. The molecule has 2 rings (SSSR count). The largest absolute Gasteiger partial charge is 0.598 e. The number of carboxylic acids is 1. The van der Waals surface area contributed by atoms with E-state index in [2.05, 4.69) is 4.72 Å². The fourth-order valence-corrected chi connectivity index (χ4v) is 3.57. The van der Waals surface area contributed by atoms with Crippen LogP contribution >= 0.6 is 0 Å². The minimum absolute atomic E-state index is 0.104. The zero-order chi connectivity index (χ0) is 18.5. The number of benzene rings is 1. The minimum Gasteiger partial charge on any atom is -0.598 e. The van der Waals surface area contributed by atoms with Gasteiger partial charge >= 0.3 is 5.97 Å². The Morgan fingerprint density at radius 2 is 1.92 bits per heavy atom. The van der Waals surface area contributed by atoms with Crippen molar-refractivity contribution in [1.82, 2.24) is 4.72 Å². The molecule has 0 aliphatic carbocycles. The van der Waals surface area contributed by atoms with Crippen LogP contribution < -0.4 is 4.72 Å². The molecule has 1 heterocycles. The second-order valence-corrected chi connectivity index (χ2v) is 9.15. The van der Waals surface area contributed by atoms with Gasteiger partial charge in [0, 0.05) is 23.3 Å². The van der Waals surface area contributed by atoms with Gasteiger partial charge in [-0.15, -0.1) is 4.72 Å². The average molecular weight is 369 g/mol. The van der Waals surface area contributed by atoms with E-state index < -0.39 is 33.9 Å². The Morgan fingerprint density at radius 3 is 2.44 bits per heavy atom. The van der Waals surface area contributed by atoms with Crippen LogP contribution in [-0.4, -0.2) is 39.6 Å². The summed E-state index contributed by atoms with van der Waals surface area (Å²) >= 11 is -1.34. The van der Waals surface area contributed by atoms with Crippen LogP contribution in [0.25, 0.3) is 0 Å². The van der Waals surface area contributed by atoms with Gasteiger partial charge in [-0.25, -0.2) is 0 Å². The lowest BCUT2D eigenvalue weighted by Gasteiger charge is -2.31. The summed E-state index contributed by atoms with van der Waals surface area (Å²) in [6.07, 6.45) is 0.860. The second-order valence-electron chi connectivity index (χ2n) is 7.15. The number of nitrogens with one attached hydrogen (secondary N) is 1. The van der Waals surface area contributed by atoms with E-state index in [0.717, 1.165) is 5.56 Å². The summed E-state index contributed by atoms with van der Waals surface area (Å²) in [7, 11) is 0. The summed E-state index contributed by atoms with van der Waals surface area (Å²) in [6.45, 7) is 6.55. The Kier molecular flexibility index (Phi) is 6.87. The zero-order valence-electron chi connectivity index (χ0n) is 15.0. The van der Waals surface area contributed by atoms with Gasteiger partial charge in [-0.1, -0.05) is 30.3 Å². The number of hydrogen-bond acceptors (Lipinski definition) is 5. The first-order valence-electron chi connectivity index (χ1n) is 8.46. The predicted octanol–water partition coefficient (Wildman–Crippen LogP) is 2.56. The van der Waals surface area contributed by atoms with Crippen molar-refractivity contribution in [2.45, 2.75) is 56.6 Å². The molecule has 1 aromatic rings. The summed E-state index contributed by atoms with van der Waals surface area (Å²) in [4.78, 5) is 11.2. The molecule has 2 N–H and O–H groups in total. The Balaban J connectivity index is 2.08. The van der Waals surface area contributed by atoms with Gasteiger partial charge < -0.3 is 19.1 Å². The summed E-state index contributed by atoms with van der Waals surface area (Å²) < 4.78 is 26.6. The van der Waals surface area contributed by atoms with Gasteiger partial charge in [-0.05, 0) is 27.2 Å². The number of rotatable bonds is 8. The lowest BCUT2D eigenvalue weighted by molar-refractivity contribution is -0.172. The van der Waals surface area contributed by atoms with Crippen LogP contribution in [0.4, 0.5) is 0 Å². The average Bonchev–Trinajstić information content (AvgIpc) is 3.02. The van der Waals surface area contributed by atoms with E-state index in [1.54, 1.807) is 0 Å². The van der Waals surface area contributed by atoms with Crippen molar-refractivity contribution in [3.05, 3.63) is 35.9 Å². The molecule has 0 aromatic heterocycles. The molecule has 1 aromatic carbocycles. The fourth-order valence-electron chi connectivity index (χ4n) is 2.71. The van der Waals surface area contributed by atoms with E-state index in [1.807, 2.05) is 51.1 Å². The van der Waals surface area contributed by atoms with Crippen LogP contribution in [0, 0.1) is 0 Å². The molecule has 1 aliphatic rings. The highest BCUT2D eigenvalue weighted by atomic mass is 32.2. The molecule has 0 radical (unpaired) electrons. The zero-order valence-corrected chi connectivity index (χ0v) is 15.8. The monoisotopic (exact) mass is 369 g/mol. The molecular formula is C18H27NO5S. The highest BCUT2D eigenvalue weighted by Gasteiger charge is 2.39. The van der Waals surface area contributed by atoms with Gasteiger partial charge in [0.15, 0.2) is 5.79 Å². The Bertz CT molecular complexity index is 554. The first kappa shape index (κ1) is 20.2. The topological polar surface area (TPSA) is 90.9 Å². The molecule has 25 heavy (non-hydrogen) atoms. The quantitative estimate of drug-likeness (QED) is 0.685. The summed E-state index contributed by atoms with van der Waals surface area (Å²) in [5, 5.41) is 9.17. The summed E-state index contributed by atoms with van der Waals surface area (Å²) in [5.74, 6) is -1.78. The lowest BCUT2D eigenvalue weighted by atomic mass is 9.97. The maximum Gasteiger partial charge on any atom is 0.305 e. The van der Waals surface area contributed by atoms with Crippen molar-refractivity contribution < 1.29 is 23.9 Å². The van der Waals surface area contributed by atoms with E-state index >= 15 is 0 Å². The van der Waals surface area contributed by atoms with Crippen LogP contribution in [0.5, 0.6) is 0 Å². The van der Waals surface area contributed by atoms with Crippen molar-refractivity contribution in [1.29, 1.82) is 0 Å². The van der Waals surface area contributed by atoms with Gasteiger partial charge in [0.2, 0.25) is 0 Å². The molecule has 1 saturated heterocycles. The standard InChI is InChI=1S/C18H27NO5S/c1-17(2,3)25(22)19-15(13-16(20)21)9-10-18(23-11-12-24-18)14-7-5-4-6-8-14/h4-8,15,19H,9-13H2,1-3H3,(H,20,21)/t15-,25-/m0/s1. The molecule has 2 atom stereocenters. The molecule has 0 bridgehead atoms. The molecule has 1 fully saturated rings. The number of ether oxygens (including phenoxy) is 2. The first-order chi connectivity index (χ1) is 11.7. The molecule has 140 valence electrons. The molecule has 7 heteroatoms. The molecule has 0 spiro atoms. The van der Waals surface area contributed by atoms with Crippen LogP contribution in [-0.2, 0) is 31.4 Å². The SMILES string of the molecule is CC(C)(C)[S@+]([O-])N[C@@H](CCC1(c2ccccc2)OCCO1)CC(=O)O. The van der Waals surface area contributed by atoms with Gasteiger partial charge in [0.1, 0.15) is 4.75 Å². The Labute approximate surface area is 152 Å². The smallest absolute Gasteiger partial charge is 0.305 e. The van der Waals surface area contributed by atoms with Crippen LogP contribution in [0.3, 0.4) is 0 Å². The van der Waals surface area contributed by atoms with Crippen molar-refractivity contribution >= 4 is 17.3 Å². The molecule has 0 amide bonds. The maximum atomic E-state index is 12.3. The number of carboxylic acid groups (broad SMARTS) is 1. The number of hydrogen-bond donors (Lipinski definition) is 2. The first-order valence-corrected chi connectivity index (χ1v) is 9.61. The van der Waals surface area contributed by atoms with Gasteiger partial charge in [0.25, 0.3) is 0 Å². The van der Waals surface area contributed by atoms with E-state index in [1.165, 1.54) is 0 Å². The van der Waals surface area contributed by atoms with Crippen LogP contribution in [0.2, 0.25) is 0 Å². The Hall–Kier alpha value is -1.12. The van der Waals surface area contributed by atoms with E-state index in [-0.39, 0.29) is 6.42 Å². The molecule has 0 unspecified atom stereocenters. The summed E-state index contributed by atoms with van der Waals surface area (Å²) in [6, 6.07) is 9.23. The van der Waals surface area contributed by atoms with Crippen LogP contribution in [0.1, 0.15) is 45.6 Å².